The van der Waals surface area contributed by atoms with E-state index in [2.05, 4.69) is 50.3 Å². The van der Waals surface area contributed by atoms with Crippen LogP contribution in [0.5, 0.6) is 0 Å². The van der Waals surface area contributed by atoms with E-state index in [9.17, 15) is 19.0 Å². The van der Waals surface area contributed by atoms with Gasteiger partial charge in [0.2, 0.25) is 0 Å². The quantitative estimate of drug-likeness (QED) is 0.0232. The van der Waals surface area contributed by atoms with Crippen molar-refractivity contribution in [3.05, 3.63) is 36.5 Å². The zero-order chi connectivity index (χ0) is 46.9. The number of aliphatic carboxylic acids is 1. The number of carboxylic acid groups (broad SMARTS) is 1. The molecule has 3 atom stereocenters. The van der Waals surface area contributed by atoms with Crippen LogP contribution in [0, 0.1) is 0 Å². The second-order valence-corrected chi connectivity index (χ2v) is 19.5. The van der Waals surface area contributed by atoms with Crippen molar-refractivity contribution in [1.82, 2.24) is 0 Å². The maximum atomic E-state index is 12.7. The van der Waals surface area contributed by atoms with Crippen LogP contribution in [0.25, 0.3) is 0 Å². The third-order valence-corrected chi connectivity index (χ3v) is 12.6. The van der Waals surface area contributed by atoms with Crippen molar-refractivity contribution in [1.29, 1.82) is 0 Å². The number of hydrogen-bond donors (Lipinski definition) is 3. The summed E-state index contributed by atoms with van der Waals surface area (Å²) in [7, 11) is -4.63. The number of phosphoric acid groups is 1. The van der Waals surface area contributed by atoms with Gasteiger partial charge in [-0.15, -0.1) is 0 Å². The van der Waals surface area contributed by atoms with Crippen LogP contribution in [-0.4, -0.2) is 60.5 Å². The van der Waals surface area contributed by atoms with Gasteiger partial charge in [0.05, 0.1) is 19.8 Å². The van der Waals surface area contributed by atoms with Gasteiger partial charge in [-0.05, 0) is 51.4 Å². The molecule has 0 fully saturated rings. The van der Waals surface area contributed by atoms with E-state index in [1.165, 1.54) is 154 Å². The molecule has 4 N–H and O–H groups in total. The molecular formula is C53H100NO9P. The molecule has 0 saturated heterocycles. The molecule has 0 aliphatic carbocycles. The number of rotatable bonds is 51. The highest BCUT2D eigenvalue weighted by Crippen LogP contribution is 2.43. The van der Waals surface area contributed by atoms with Crippen LogP contribution < -0.4 is 5.73 Å². The predicted molar refractivity (Wildman–Crippen MR) is 268 cm³/mol. The number of ether oxygens (including phenoxy) is 2. The van der Waals surface area contributed by atoms with Crippen molar-refractivity contribution in [3.8, 4) is 0 Å². The highest BCUT2D eigenvalue weighted by molar-refractivity contribution is 7.47. The summed E-state index contributed by atoms with van der Waals surface area (Å²) < 4.78 is 33.5. The van der Waals surface area contributed by atoms with Crippen LogP contribution in [0.15, 0.2) is 36.5 Å². The Labute approximate surface area is 393 Å². The van der Waals surface area contributed by atoms with Gasteiger partial charge in [0.1, 0.15) is 12.1 Å². The molecule has 10 nitrogen and oxygen atoms in total. The smallest absolute Gasteiger partial charge is 0.472 e. The molecule has 0 amide bonds. The summed E-state index contributed by atoms with van der Waals surface area (Å²) >= 11 is 0. The Morgan fingerprint density at radius 1 is 0.500 bits per heavy atom. The number of carbonyl (C=O) groups is 2. The molecule has 64 heavy (non-hydrogen) atoms. The molecule has 3 unspecified atom stereocenters. The number of allylic oxidation sites excluding steroid dienone is 6. The maximum absolute atomic E-state index is 12.7. The lowest BCUT2D eigenvalue weighted by Gasteiger charge is -2.20. The summed E-state index contributed by atoms with van der Waals surface area (Å²) in [6, 6.07) is -1.48. The summed E-state index contributed by atoms with van der Waals surface area (Å²) in [5.41, 5.74) is 5.38. The van der Waals surface area contributed by atoms with Crippen molar-refractivity contribution in [2.24, 2.45) is 5.73 Å². The van der Waals surface area contributed by atoms with Gasteiger partial charge in [0, 0.05) is 13.0 Å². The predicted octanol–water partition coefficient (Wildman–Crippen LogP) is 15.6. The number of nitrogens with two attached hydrogens (primary N) is 1. The molecule has 376 valence electrons. The van der Waals surface area contributed by atoms with Crippen molar-refractivity contribution in [3.63, 3.8) is 0 Å². The van der Waals surface area contributed by atoms with Crippen molar-refractivity contribution >= 4 is 19.8 Å². The lowest BCUT2D eigenvalue weighted by atomic mass is 10.0. The fourth-order valence-corrected chi connectivity index (χ4v) is 8.33. The molecule has 11 heteroatoms. The summed E-state index contributed by atoms with van der Waals surface area (Å²) in [6.45, 7) is 3.90. The van der Waals surface area contributed by atoms with E-state index in [0.717, 1.165) is 70.6 Å². The second-order valence-electron chi connectivity index (χ2n) is 18.0. The summed E-state index contributed by atoms with van der Waals surface area (Å²) in [4.78, 5) is 33.7. The van der Waals surface area contributed by atoms with Gasteiger partial charge in [0.15, 0.2) is 0 Å². The van der Waals surface area contributed by atoms with E-state index in [1.54, 1.807) is 0 Å². The van der Waals surface area contributed by atoms with Gasteiger partial charge < -0.3 is 25.2 Å². The zero-order valence-electron chi connectivity index (χ0n) is 41.4. The average molecular weight is 926 g/mol. The van der Waals surface area contributed by atoms with E-state index in [-0.39, 0.29) is 13.0 Å². The Morgan fingerprint density at radius 3 is 1.28 bits per heavy atom. The highest BCUT2D eigenvalue weighted by Gasteiger charge is 2.27. The first-order valence-corrected chi connectivity index (χ1v) is 28.0. The maximum Gasteiger partial charge on any atom is 0.472 e. The molecular weight excluding hydrogens is 826 g/mol. The van der Waals surface area contributed by atoms with Crippen molar-refractivity contribution in [2.45, 2.75) is 264 Å². The second kappa shape index (κ2) is 49.1. The number of esters is 1. The molecule has 0 aromatic carbocycles. The van der Waals surface area contributed by atoms with E-state index in [1.807, 2.05) is 0 Å². The van der Waals surface area contributed by atoms with Crippen LogP contribution in [0.4, 0.5) is 0 Å². The van der Waals surface area contributed by atoms with E-state index < -0.39 is 45.1 Å². The standard InChI is InChI=1S/C53H100NO9P/c1-3-5-7-9-11-13-15-17-19-21-23-25-27-29-31-33-35-37-39-41-43-45-52(55)63-50(48-61-64(58,59)62-49-51(54)53(56)57)47-60-46-44-42-40-38-36-34-32-30-28-26-24-22-20-18-16-14-12-10-8-6-4-2/h15,17,21,23,27,29,50-51H,3-14,16,18-20,22,24-26,28,30-49,54H2,1-2H3,(H,56,57)(H,58,59)/b17-15-,23-21-,29-27-. The molecule has 0 rings (SSSR count). The fourth-order valence-electron chi connectivity index (χ4n) is 7.55. The minimum absolute atomic E-state index is 0.0148. The molecule has 0 aliphatic rings. The molecule has 0 aromatic rings. The van der Waals surface area contributed by atoms with Gasteiger partial charge in [-0.3, -0.25) is 18.6 Å². The van der Waals surface area contributed by atoms with Crippen LogP contribution in [0.1, 0.15) is 251 Å². The lowest BCUT2D eigenvalue weighted by Crippen LogP contribution is -2.34. The van der Waals surface area contributed by atoms with Gasteiger partial charge in [-0.25, -0.2) is 4.57 Å². The third kappa shape index (κ3) is 48.1. The molecule has 0 aliphatic heterocycles. The number of carbonyl (C=O) groups excluding carboxylic acids is 1. The van der Waals surface area contributed by atoms with Gasteiger partial charge in [-0.1, -0.05) is 230 Å². The van der Waals surface area contributed by atoms with Crippen LogP contribution in [-0.2, 0) is 32.7 Å². The fraction of sp³-hybridized carbons (Fsp3) is 0.849. The number of hydrogen-bond acceptors (Lipinski definition) is 8. The average Bonchev–Trinajstić information content (AvgIpc) is 3.28. The largest absolute Gasteiger partial charge is 0.480 e. The molecule has 0 saturated carbocycles. The minimum Gasteiger partial charge on any atom is -0.480 e. The Hall–Kier alpha value is -1.81. The Kier molecular flexibility index (Phi) is 47.7. The number of phosphoric ester groups is 1. The first-order valence-electron chi connectivity index (χ1n) is 26.5. The highest BCUT2D eigenvalue weighted by atomic mass is 31.2. The van der Waals surface area contributed by atoms with Gasteiger partial charge in [-0.2, -0.15) is 0 Å². The molecule has 0 spiro atoms. The normalized spacial score (nSPS) is 13.9. The van der Waals surface area contributed by atoms with E-state index >= 15 is 0 Å². The molecule has 0 aromatic heterocycles. The van der Waals surface area contributed by atoms with E-state index in [4.69, 9.17) is 29.4 Å². The van der Waals surface area contributed by atoms with Gasteiger partial charge >= 0.3 is 19.8 Å². The summed E-state index contributed by atoms with van der Waals surface area (Å²) in [6.07, 6.45) is 57.7. The SMILES string of the molecule is CCCCCCC/C=C\C/C=C\C/C=C\CCCCCCCCC(=O)OC(COCCCCCCCCCCCCCCCCCCCCCCC)COP(=O)(O)OCC(N)C(=O)O. The molecule has 0 radical (unpaired) electrons. The lowest BCUT2D eigenvalue weighted by molar-refractivity contribution is -0.154. The van der Waals surface area contributed by atoms with Crippen LogP contribution in [0.2, 0.25) is 0 Å². The number of unbranched alkanes of at least 4 members (excludes halogenated alkanes) is 31. The minimum atomic E-state index is -4.63. The topological polar surface area (TPSA) is 155 Å². The Bertz CT molecular complexity index is 1160. The van der Waals surface area contributed by atoms with Crippen molar-refractivity contribution < 1.29 is 42.7 Å². The molecule has 0 heterocycles. The van der Waals surface area contributed by atoms with Crippen LogP contribution >= 0.6 is 7.82 Å². The third-order valence-electron chi connectivity index (χ3n) is 11.7. The zero-order valence-corrected chi connectivity index (χ0v) is 42.3. The summed E-state index contributed by atoms with van der Waals surface area (Å²) in [5, 5.41) is 8.93. The number of carboxylic acids is 1. The van der Waals surface area contributed by atoms with Crippen LogP contribution in [0.3, 0.4) is 0 Å². The first kappa shape index (κ1) is 62.2. The van der Waals surface area contributed by atoms with Gasteiger partial charge in [0.25, 0.3) is 0 Å². The summed E-state index contributed by atoms with van der Waals surface area (Å²) in [5.74, 6) is -1.78. The van der Waals surface area contributed by atoms with E-state index in [0.29, 0.717) is 13.0 Å². The first-order chi connectivity index (χ1) is 31.2. The Balaban J connectivity index is 4.13. The monoisotopic (exact) mass is 926 g/mol. The molecule has 0 bridgehead atoms. The Morgan fingerprint density at radius 2 is 0.859 bits per heavy atom. The van der Waals surface area contributed by atoms with Crippen molar-refractivity contribution in [2.75, 3.05) is 26.4 Å².